The Bertz CT molecular complexity index is 457. The van der Waals surface area contributed by atoms with E-state index >= 15 is 0 Å². The maximum atomic E-state index is 12.4. The molecule has 0 spiro atoms. The Morgan fingerprint density at radius 2 is 1.95 bits per heavy atom. The number of benzene rings is 1. The number of hydrogen-bond donors (Lipinski definition) is 2. The standard InChI is InChI=1S/C15H20N2O3/c18-14(9-12-10-16-11-12)17(8-4-7-15(19)20)13-5-2-1-3-6-13/h1-3,5-6,12,16H,4,7-11H2,(H,19,20). The molecular formula is C15H20N2O3. The van der Waals surface area contributed by atoms with E-state index in [0.29, 0.717) is 25.3 Å². The van der Waals surface area contributed by atoms with Gasteiger partial charge in [-0.1, -0.05) is 18.2 Å². The highest BCUT2D eigenvalue weighted by Gasteiger charge is 2.24. The normalized spacial score (nSPS) is 14.6. The van der Waals surface area contributed by atoms with Gasteiger partial charge in [0.05, 0.1) is 0 Å². The number of nitrogens with one attached hydrogen (secondary N) is 1. The van der Waals surface area contributed by atoms with E-state index in [1.807, 2.05) is 30.3 Å². The van der Waals surface area contributed by atoms with Crippen molar-refractivity contribution in [3.63, 3.8) is 0 Å². The van der Waals surface area contributed by atoms with Gasteiger partial charge in [-0.3, -0.25) is 9.59 Å². The molecular weight excluding hydrogens is 256 g/mol. The average Bonchev–Trinajstić information content (AvgIpc) is 2.39. The fourth-order valence-electron chi connectivity index (χ4n) is 2.24. The number of nitrogens with zero attached hydrogens (tertiary/aromatic N) is 1. The van der Waals surface area contributed by atoms with Gasteiger partial charge in [-0.15, -0.1) is 0 Å². The minimum absolute atomic E-state index is 0.0769. The Labute approximate surface area is 118 Å². The number of carboxylic acid groups (broad SMARTS) is 1. The van der Waals surface area contributed by atoms with Gasteiger partial charge in [0.25, 0.3) is 0 Å². The van der Waals surface area contributed by atoms with Gasteiger partial charge in [-0.2, -0.15) is 0 Å². The quantitative estimate of drug-likeness (QED) is 0.791. The van der Waals surface area contributed by atoms with Crippen LogP contribution < -0.4 is 10.2 Å². The van der Waals surface area contributed by atoms with E-state index in [-0.39, 0.29) is 12.3 Å². The highest BCUT2D eigenvalue weighted by atomic mass is 16.4. The number of amides is 1. The third-order valence-electron chi connectivity index (χ3n) is 3.47. The SMILES string of the molecule is O=C(O)CCCN(C(=O)CC1CNC1)c1ccccc1. The largest absolute Gasteiger partial charge is 0.481 e. The number of carbonyl (C=O) groups excluding carboxylic acids is 1. The fourth-order valence-corrected chi connectivity index (χ4v) is 2.24. The molecule has 0 saturated carbocycles. The Balaban J connectivity index is 1.98. The van der Waals surface area contributed by atoms with Crippen LogP contribution in [0.5, 0.6) is 0 Å². The van der Waals surface area contributed by atoms with Crippen LogP contribution >= 0.6 is 0 Å². The van der Waals surface area contributed by atoms with Gasteiger partial charge in [-0.05, 0) is 37.6 Å². The highest BCUT2D eigenvalue weighted by molar-refractivity contribution is 5.93. The van der Waals surface area contributed by atoms with E-state index in [9.17, 15) is 9.59 Å². The zero-order chi connectivity index (χ0) is 14.4. The second-order valence-electron chi connectivity index (χ2n) is 5.11. The first-order valence-electron chi connectivity index (χ1n) is 6.94. The summed E-state index contributed by atoms with van der Waals surface area (Å²) < 4.78 is 0. The van der Waals surface area contributed by atoms with Crippen molar-refractivity contribution in [2.24, 2.45) is 5.92 Å². The fraction of sp³-hybridized carbons (Fsp3) is 0.467. The zero-order valence-corrected chi connectivity index (χ0v) is 11.4. The van der Waals surface area contributed by atoms with Gasteiger partial charge in [0.1, 0.15) is 0 Å². The third kappa shape index (κ3) is 4.06. The summed E-state index contributed by atoms with van der Waals surface area (Å²) in [5.74, 6) is -0.338. The van der Waals surface area contributed by atoms with E-state index in [0.717, 1.165) is 18.8 Å². The summed E-state index contributed by atoms with van der Waals surface area (Å²) in [6.45, 7) is 2.24. The van der Waals surface area contributed by atoms with Gasteiger partial charge < -0.3 is 15.3 Å². The van der Waals surface area contributed by atoms with Crippen LogP contribution in [0.4, 0.5) is 5.69 Å². The molecule has 1 aromatic carbocycles. The maximum absolute atomic E-state index is 12.4. The molecule has 5 nitrogen and oxygen atoms in total. The van der Waals surface area contributed by atoms with E-state index in [4.69, 9.17) is 5.11 Å². The summed E-state index contributed by atoms with van der Waals surface area (Å²) >= 11 is 0. The monoisotopic (exact) mass is 276 g/mol. The van der Waals surface area contributed by atoms with Gasteiger partial charge in [0.15, 0.2) is 0 Å². The number of aliphatic carboxylic acids is 1. The van der Waals surface area contributed by atoms with Crippen LogP contribution in [-0.4, -0.2) is 36.6 Å². The lowest BCUT2D eigenvalue weighted by atomic mass is 9.98. The van der Waals surface area contributed by atoms with Gasteiger partial charge in [0.2, 0.25) is 5.91 Å². The van der Waals surface area contributed by atoms with E-state index in [1.165, 1.54) is 0 Å². The van der Waals surface area contributed by atoms with Crippen molar-refractivity contribution in [1.29, 1.82) is 0 Å². The molecule has 1 aromatic rings. The van der Waals surface area contributed by atoms with E-state index < -0.39 is 5.97 Å². The smallest absolute Gasteiger partial charge is 0.303 e. The zero-order valence-electron chi connectivity index (χ0n) is 11.4. The first-order valence-corrected chi connectivity index (χ1v) is 6.94. The van der Waals surface area contributed by atoms with Crippen molar-refractivity contribution >= 4 is 17.6 Å². The molecule has 1 fully saturated rings. The Morgan fingerprint density at radius 1 is 1.25 bits per heavy atom. The Kier molecular flexibility index (Phi) is 5.12. The van der Waals surface area contributed by atoms with Crippen LogP contribution in [0.2, 0.25) is 0 Å². The summed E-state index contributed by atoms with van der Waals surface area (Å²) in [5, 5.41) is 11.9. The van der Waals surface area contributed by atoms with Gasteiger partial charge in [0, 0.05) is 25.1 Å². The summed E-state index contributed by atoms with van der Waals surface area (Å²) in [5.41, 5.74) is 0.843. The molecule has 0 radical (unpaired) electrons. The first-order chi connectivity index (χ1) is 9.66. The number of anilines is 1. The summed E-state index contributed by atoms with van der Waals surface area (Å²) in [6, 6.07) is 9.45. The van der Waals surface area contributed by atoms with Crippen LogP contribution in [-0.2, 0) is 9.59 Å². The molecule has 2 rings (SSSR count). The Hall–Kier alpha value is -1.88. The molecule has 2 N–H and O–H groups in total. The number of hydrogen-bond acceptors (Lipinski definition) is 3. The molecule has 1 amide bonds. The molecule has 108 valence electrons. The van der Waals surface area contributed by atoms with Crippen LogP contribution in [0.15, 0.2) is 30.3 Å². The summed E-state index contributed by atoms with van der Waals surface area (Å²) in [6.07, 6.45) is 1.08. The molecule has 20 heavy (non-hydrogen) atoms. The molecule has 1 aliphatic rings. The van der Waals surface area contributed by atoms with Crippen LogP contribution in [0.25, 0.3) is 0 Å². The number of carboxylic acids is 1. The molecule has 1 saturated heterocycles. The minimum atomic E-state index is -0.825. The molecule has 0 bridgehead atoms. The predicted octanol–water partition coefficient (Wildman–Crippen LogP) is 1.49. The van der Waals surface area contributed by atoms with Gasteiger partial charge in [-0.25, -0.2) is 0 Å². The topological polar surface area (TPSA) is 69.6 Å². The summed E-state index contributed by atoms with van der Waals surface area (Å²) in [4.78, 5) is 24.7. The lowest BCUT2D eigenvalue weighted by Gasteiger charge is -2.30. The molecule has 1 aliphatic heterocycles. The van der Waals surface area contributed by atoms with Crippen molar-refractivity contribution in [2.75, 3.05) is 24.5 Å². The maximum Gasteiger partial charge on any atom is 0.303 e. The molecule has 0 aliphatic carbocycles. The van der Waals surface area contributed by atoms with Crippen molar-refractivity contribution in [3.05, 3.63) is 30.3 Å². The first kappa shape index (κ1) is 14.5. The van der Waals surface area contributed by atoms with Crippen molar-refractivity contribution < 1.29 is 14.7 Å². The van der Waals surface area contributed by atoms with Crippen molar-refractivity contribution in [2.45, 2.75) is 19.3 Å². The van der Waals surface area contributed by atoms with Gasteiger partial charge >= 0.3 is 5.97 Å². The highest BCUT2D eigenvalue weighted by Crippen LogP contribution is 2.18. The lowest BCUT2D eigenvalue weighted by molar-refractivity contribution is -0.137. The molecule has 0 aromatic heterocycles. The average molecular weight is 276 g/mol. The molecule has 0 atom stereocenters. The number of carbonyl (C=O) groups is 2. The molecule has 5 heteroatoms. The van der Waals surface area contributed by atoms with E-state index in [1.54, 1.807) is 4.90 Å². The number of para-hydroxylation sites is 1. The van der Waals surface area contributed by atoms with Crippen molar-refractivity contribution in [1.82, 2.24) is 5.32 Å². The minimum Gasteiger partial charge on any atom is -0.481 e. The third-order valence-corrected chi connectivity index (χ3v) is 3.47. The van der Waals surface area contributed by atoms with Crippen LogP contribution in [0.1, 0.15) is 19.3 Å². The molecule has 0 unspecified atom stereocenters. The second-order valence-corrected chi connectivity index (χ2v) is 5.11. The van der Waals surface area contributed by atoms with Crippen LogP contribution in [0.3, 0.4) is 0 Å². The number of rotatable bonds is 7. The van der Waals surface area contributed by atoms with Crippen LogP contribution in [0, 0.1) is 5.92 Å². The Morgan fingerprint density at radius 3 is 2.50 bits per heavy atom. The predicted molar refractivity (Wildman–Crippen MR) is 76.6 cm³/mol. The lowest BCUT2D eigenvalue weighted by Crippen LogP contribution is -2.45. The second kappa shape index (κ2) is 7.05. The summed E-state index contributed by atoms with van der Waals surface area (Å²) in [7, 11) is 0. The van der Waals surface area contributed by atoms with Crippen molar-refractivity contribution in [3.8, 4) is 0 Å². The molecule has 1 heterocycles. The van der Waals surface area contributed by atoms with E-state index in [2.05, 4.69) is 5.32 Å².